The number of methoxy groups -OCH3 is 1. The van der Waals surface area contributed by atoms with Gasteiger partial charge in [0, 0.05) is 36.5 Å². The molecule has 1 heterocycles. The number of nitrogens with one attached hydrogen (secondary N) is 3. The SMILES string of the molecule is COC[C@H](C)NS(=O)(=O)c1ccc(C(=O)NCc2c(C)cc(C)[nH]c2=O)cc1. The lowest BCUT2D eigenvalue weighted by atomic mass is 10.1. The number of pyridine rings is 1. The van der Waals surface area contributed by atoms with Gasteiger partial charge in [-0.2, -0.15) is 0 Å². The fourth-order valence-electron chi connectivity index (χ4n) is 2.77. The monoisotopic (exact) mass is 407 g/mol. The van der Waals surface area contributed by atoms with E-state index in [2.05, 4.69) is 15.0 Å². The van der Waals surface area contributed by atoms with Crippen LogP contribution in [0.1, 0.15) is 34.1 Å². The molecule has 1 aromatic carbocycles. The van der Waals surface area contributed by atoms with Crippen LogP contribution in [0.15, 0.2) is 40.0 Å². The van der Waals surface area contributed by atoms with Crippen molar-refractivity contribution in [3.05, 3.63) is 63.1 Å². The second-order valence-corrected chi connectivity index (χ2v) is 8.34. The first-order chi connectivity index (χ1) is 13.1. The highest BCUT2D eigenvalue weighted by Gasteiger charge is 2.18. The number of sulfonamides is 1. The van der Waals surface area contributed by atoms with Crippen molar-refractivity contribution < 1.29 is 17.9 Å². The molecule has 28 heavy (non-hydrogen) atoms. The van der Waals surface area contributed by atoms with Crippen LogP contribution >= 0.6 is 0 Å². The smallest absolute Gasteiger partial charge is 0.253 e. The lowest BCUT2D eigenvalue weighted by molar-refractivity contribution is 0.0950. The molecule has 0 bridgehead atoms. The summed E-state index contributed by atoms with van der Waals surface area (Å²) in [5.74, 6) is -0.399. The van der Waals surface area contributed by atoms with Gasteiger partial charge in [-0.15, -0.1) is 0 Å². The quantitative estimate of drug-likeness (QED) is 0.608. The van der Waals surface area contributed by atoms with Crippen LogP contribution in [-0.4, -0.2) is 39.1 Å². The second-order valence-electron chi connectivity index (χ2n) is 6.63. The van der Waals surface area contributed by atoms with E-state index in [1.807, 2.05) is 6.07 Å². The van der Waals surface area contributed by atoms with E-state index in [-0.39, 0.29) is 29.6 Å². The lowest BCUT2D eigenvalue weighted by Crippen LogP contribution is -2.35. The third kappa shape index (κ3) is 5.51. The van der Waals surface area contributed by atoms with Crippen LogP contribution in [0.4, 0.5) is 0 Å². The number of carbonyl (C=O) groups is 1. The van der Waals surface area contributed by atoms with Gasteiger partial charge in [0.25, 0.3) is 11.5 Å². The molecule has 0 aliphatic heterocycles. The van der Waals surface area contributed by atoms with Crippen molar-refractivity contribution in [3.8, 4) is 0 Å². The highest BCUT2D eigenvalue weighted by Crippen LogP contribution is 2.12. The first-order valence-electron chi connectivity index (χ1n) is 8.73. The van der Waals surface area contributed by atoms with E-state index in [9.17, 15) is 18.0 Å². The molecule has 0 fully saturated rings. The van der Waals surface area contributed by atoms with Crippen LogP contribution in [0, 0.1) is 13.8 Å². The normalized spacial score (nSPS) is 12.6. The Morgan fingerprint density at radius 1 is 1.21 bits per heavy atom. The number of ether oxygens (including phenoxy) is 1. The molecule has 2 rings (SSSR count). The molecule has 0 spiro atoms. The molecular formula is C19H25N3O5S. The molecule has 2 aromatic rings. The van der Waals surface area contributed by atoms with Gasteiger partial charge in [0.1, 0.15) is 0 Å². The molecule has 3 N–H and O–H groups in total. The van der Waals surface area contributed by atoms with Crippen molar-refractivity contribution in [2.45, 2.75) is 38.3 Å². The molecule has 8 nitrogen and oxygen atoms in total. The van der Waals surface area contributed by atoms with Gasteiger partial charge in [-0.05, 0) is 56.7 Å². The van der Waals surface area contributed by atoms with E-state index < -0.39 is 15.9 Å². The molecule has 0 unspecified atom stereocenters. The number of carbonyl (C=O) groups excluding carboxylic acids is 1. The van der Waals surface area contributed by atoms with E-state index in [4.69, 9.17) is 4.74 Å². The Morgan fingerprint density at radius 2 is 1.86 bits per heavy atom. The molecule has 9 heteroatoms. The molecular weight excluding hydrogens is 382 g/mol. The van der Waals surface area contributed by atoms with Gasteiger partial charge in [0.05, 0.1) is 11.5 Å². The lowest BCUT2D eigenvalue weighted by Gasteiger charge is -2.13. The van der Waals surface area contributed by atoms with Crippen molar-refractivity contribution in [1.82, 2.24) is 15.0 Å². The van der Waals surface area contributed by atoms with E-state index in [0.717, 1.165) is 11.3 Å². The van der Waals surface area contributed by atoms with Crippen molar-refractivity contribution in [3.63, 3.8) is 0 Å². The minimum Gasteiger partial charge on any atom is -0.383 e. The van der Waals surface area contributed by atoms with Crippen molar-refractivity contribution in [1.29, 1.82) is 0 Å². The number of rotatable bonds is 8. The second kappa shape index (κ2) is 9.13. The summed E-state index contributed by atoms with van der Waals surface area (Å²) in [6.07, 6.45) is 0. The maximum absolute atomic E-state index is 12.3. The fraction of sp³-hybridized carbons (Fsp3) is 0.368. The van der Waals surface area contributed by atoms with Gasteiger partial charge in [-0.25, -0.2) is 13.1 Å². The van der Waals surface area contributed by atoms with Crippen LogP contribution in [0.25, 0.3) is 0 Å². The molecule has 152 valence electrons. The molecule has 0 saturated carbocycles. The Kier molecular flexibility index (Phi) is 7.11. The van der Waals surface area contributed by atoms with E-state index in [0.29, 0.717) is 11.1 Å². The van der Waals surface area contributed by atoms with Gasteiger partial charge in [-0.1, -0.05) is 0 Å². The van der Waals surface area contributed by atoms with Crippen molar-refractivity contribution in [2.75, 3.05) is 13.7 Å². The molecule has 0 aliphatic carbocycles. The Bertz CT molecular complexity index is 997. The molecule has 1 amide bonds. The Morgan fingerprint density at radius 3 is 2.43 bits per heavy atom. The predicted octanol–water partition coefficient (Wildman–Crippen LogP) is 1.23. The topological polar surface area (TPSA) is 117 Å². The number of H-pyrrole nitrogens is 1. The van der Waals surface area contributed by atoms with Crippen LogP contribution in [0.2, 0.25) is 0 Å². The summed E-state index contributed by atoms with van der Waals surface area (Å²) in [6, 6.07) is 7.03. The van der Waals surface area contributed by atoms with Crippen LogP contribution in [0.3, 0.4) is 0 Å². The highest BCUT2D eigenvalue weighted by atomic mass is 32.2. The van der Waals surface area contributed by atoms with Gasteiger partial charge < -0.3 is 15.0 Å². The van der Waals surface area contributed by atoms with E-state index >= 15 is 0 Å². The number of aromatic nitrogens is 1. The van der Waals surface area contributed by atoms with Gasteiger partial charge in [0.2, 0.25) is 10.0 Å². The van der Waals surface area contributed by atoms with Gasteiger partial charge >= 0.3 is 0 Å². The van der Waals surface area contributed by atoms with Crippen molar-refractivity contribution >= 4 is 15.9 Å². The van der Waals surface area contributed by atoms with E-state index in [1.165, 1.54) is 31.4 Å². The average molecular weight is 407 g/mol. The minimum atomic E-state index is -3.70. The number of hydrogen-bond acceptors (Lipinski definition) is 5. The Balaban J connectivity index is 2.07. The van der Waals surface area contributed by atoms with Gasteiger partial charge in [-0.3, -0.25) is 9.59 Å². The maximum atomic E-state index is 12.3. The molecule has 0 aliphatic rings. The van der Waals surface area contributed by atoms with Crippen LogP contribution in [0.5, 0.6) is 0 Å². The Hall–Kier alpha value is -2.49. The summed E-state index contributed by atoms with van der Waals surface area (Å²) < 4.78 is 32.0. The summed E-state index contributed by atoms with van der Waals surface area (Å²) in [5, 5.41) is 2.68. The average Bonchev–Trinajstić information content (AvgIpc) is 2.60. The molecule has 1 aromatic heterocycles. The summed E-state index contributed by atoms with van der Waals surface area (Å²) in [7, 11) is -2.21. The number of aryl methyl sites for hydroxylation is 2. The number of amides is 1. The summed E-state index contributed by atoms with van der Waals surface area (Å²) >= 11 is 0. The number of benzene rings is 1. The van der Waals surface area contributed by atoms with Gasteiger partial charge in [0.15, 0.2) is 0 Å². The molecule has 0 radical (unpaired) electrons. The molecule has 1 atom stereocenters. The summed E-state index contributed by atoms with van der Waals surface area (Å²) in [6.45, 7) is 5.61. The first kappa shape index (κ1) is 21.8. The maximum Gasteiger partial charge on any atom is 0.253 e. The zero-order valence-corrected chi connectivity index (χ0v) is 17.1. The molecule has 0 saturated heterocycles. The minimum absolute atomic E-state index is 0.0535. The first-order valence-corrected chi connectivity index (χ1v) is 10.2. The number of aromatic amines is 1. The largest absolute Gasteiger partial charge is 0.383 e. The number of hydrogen-bond donors (Lipinski definition) is 3. The van der Waals surface area contributed by atoms with E-state index in [1.54, 1.807) is 20.8 Å². The zero-order valence-electron chi connectivity index (χ0n) is 16.3. The zero-order chi connectivity index (χ0) is 20.9. The van der Waals surface area contributed by atoms with Crippen molar-refractivity contribution in [2.24, 2.45) is 0 Å². The summed E-state index contributed by atoms with van der Waals surface area (Å²) in [4.78, 5) is 27.1. The standard InChI is InChI=1S/C19H25N3O5S/c1-12-9-13(2)21-19(24)17(12)10-20-18(23)15-5-7-16(8-6-15)28(25,26)22-14(3)11-27-4/h5-9,14,22H,10-11H2,1-4H3,(H,20,23)(H,21,24)/t14-/m0/s1. The van der Waals surface area contributed by atoms with Crippen LogP contribution < -0.4 is 15.6 Å². The summed E-state index contributed by atoms with van der Waals surface area (Å²) in [5.41, 5.74) is 2.08. The third-order valence-corrected chi connectivity index (χ3v) is 5.72. The Labute approximate surface area is 164 Å². The fourth-order valence-corrected chi connectivity index (χ4v) is 4.00. The van der Waals surface area contributed by atoms with Crippen LogP contribution in [-0.2, 0) is 21.3 Å². The highest BCUT2D eigenvalue weighted by molar-refractivity contribution is 7.89. The third-order valence-electron chi connectivity index (χ3n) is 4.12. The predicted molar refractivity (Wildman–Crippen MR) is 106 cm³/mol.